The Morgan fingerprint density at radius 1 is 1.09 bits per heavy atom. The van der Waals surface area contributed by atoms with E-state index in [2.05, 4.69) is 55.6 Å². The van der Waals surface area contributed by atoms with E-state index in [-0.39, 0.29) is 11.9 Å². The molecule has 22 heavy (non-hydrogen) atoms. The van der Waals surface area contributed by atoms with Crippen LogP contribution in [0.1, 0.15) is 36.9 Å². The van der Waals surface area contributed by atoms with Crippen LogP contribution in [0.4, 0.5) is 0 Å². The summed E-state index contributed by atoms with van der Waals surface area (Å²) in [6, 6.07) is 18.7. The molecule has 2 rings (SSSR count). The molecule has 1 N–H and O–H groups in total. The van der Waals surface area contributed by atoms with E-state index in [4.69, 9.17) is 0 Å². The Hall–Kier alpha value is -1.74. The van der Waals surface area contributed by atoms with Crippen molar-refractivity contribution in [1.29, 1.82) is 0 Å². The van der Waals surface area contributed by atoms with Crippen molar-refractivity contribution < 1.29 is 4.79 Å². The first kappa shape index (κ1) is 16.6. The Morgan fingerprint density at radius 3 is 2.41 bits per heavy atom. The van der Waals surface area contributed by atoms with Gasteiger partial charge in [-0.1, -0.05) is 55.0 Å². The number of rotatable bonds is 7. The molecule has 0 aromatic heterocycles. The number of aryl methyl sites for hydroxylation is 1. The minimum Gasteiger partial charge on any atom is -0.349 e. The third-order valence-electron chi connectivity index (χ3n) is 3.56. The lowest BCUT2D eigenvalue weighted by Gasteiger charge is -2.17. The summed E-state index contributed by atoms with van der Waals surface area (Å²) in [4.78, 5) is 13.3. The van der Waals surface area contributed by atoms with Crippen molar-refractivity contribution in [2.45, 2.75) is 37.6 Å². The smallest absolute Gasteiger partial charge is 0.221 e. The van der Waals surface area contributed by atoms with Crippen molar-refractivity contribution >= 4 is 17.7 Å². The monoisotopic (exact) mass is 313 g/mol. The van der Waals surface area contributed by atoms with E-state index in [0.717, 1.165) is 12.2 Å². The Kier molecular flexibility index (Phi) is 6.53. The summed E-state index contributed by atoms with van der Waals surface area (Å²) in [5, 5.41) is 3.14. The number of hydrogen-bond acceptors (Lipinski definition) is 2. The lowest BCUT2D eigenvalue weighted by molar-refractivity contribution is -0.121. The normalized spacial score (nSPS) is 11.9. The van der Waals surface area contributed by atoms with Gasteiger partial charge in [-0.2, -0.15) is 0 Å². The molecule has 0 saturated carbocycles. The van der Waals surface area contributed by atoms with E-state index < -0.39 is 0 Å². The number of carbonyl (C=O) groups is 1. The maximum atomic E-state index is 12.1. The largest absolute Gasteiger partial charge is 0.349 e. The summed E-state index contributed by atoms with van der Waals surface area (Å²) in [6.07, 6.45) is 1.45. The molecular weight excluding hydrogens is 290 g/mol. The SMILES string of the molecule is CC[C@@H](NC(=O)CCSc1ccccc1)c1ccc(C)cc1. The topological polar surface area (TPSA) is 29.1 Å². The van der Waals surface area contributed by atoms with E-state index in [9.17, 15) is 4.79 Å². The second kappa shape index (κ2) is 8.64. The van der Waals surface area contributed by atoms with Crippen LogP contribution in [0.15, 0.2) is 59.5 Å². The van der Waals surface area contributed by atoms with Gasteiger partial charge in [0.2, 0.25) is 5.91 Å². The number of carbonyl (C=O) groups excluding carboxylic acids is 1. The van der Waals surface area contributed by atoms with Crippen LogP contribution >= 0.6 is 11.8 Å². The van der Waals surface area contributed by atoms with Gasteiger partial charge in [0.05, 0.1) is 6.04 Å². The predicted octanol–water partition coefficient (Wildman–Crippen LogP) is 4.74. The van der Waals surface area contributed by atoms with Crippen LogP contribution in [0.5, 0.6) is 0 Å². The predicted molar refractivity (Wildman–Crippen MR) is 94.1 cm³/mol. The van der Waals surface area contributed by atoms with Crippen molar-refractivity contribution in [2.75, 3.05) is 5.75 Å². The van der Waals surface area contributed by atoms with Gasteiger partial charge in [0, 0.05) is 17.1 Å². The first-order valence-corrected chi connectivity index (χ1v) is 8.71. The first-order chi connectivity index (χ1) is 10.7. The van der Waals surface area contributed by atoms with E-state index in [1.165, 1.54) is 16.0 Å². The van der Waals surface area contributed by atoms with Crippen LogP contribution in [-0.2, 0) is 4.79 Å². The van der Waals surface area contributed by atoms with Gasteiger partial charge in [-0.3, -0.25) is 4.79 Å². The molecule has 2 aromatic rings. The Bertz CT molecular complexity index is 580. The average molecular weight is 313 g/mol. The van der Waals surface area contributed by atoms with Gasteiger partial charge in [0.15, 0.2) is 0 Å². The highest BCUT2D eigenvalue weighted by atomic mass is 32.2. The number of hydrogen-bond donors (Lipinski definition) is 1. The average Bonchev–Trinajstić information content (AvgIpc) is 2.54. The molecule has 2 nitrogen and oxygen atoms in total. The highest BCUT2D eigenvalue weighted by Gasteiger charge is 2.12. The Morgan fingerprint density at radius 2 is 1.77 bits per heavy atom. The standard InChI is InChI=1S/C19H23NOS/c1-3-18(16-11-9-15(2)10-12-16)20-19(21)13-14-22-17-7-5-4-6-8-17/h4-12,18H,3,13-14H2,1-2H3,(H,20,21)/t18-/m1/s1. The van der Waals surface area contributed by atoms with E-state index in [1.807, 2.05) is 18.2 Å². The third-order valence-corrected chi connectivity index (χ3v) is 4.58. The summed E-state index contributed by atoms with van der Waals surface area (Å²) in [6.45, 7) is 4.17. The first-order valence-electron chi connectivity index (χ1n) is 7.73. The molecule has 116 valence electrons. The zero-order valence-corrected chi connectivity index (χ0v) is 14.0. The Labute approximate surface area is 137 Å². The molecule has 0 aliphatic heterocycles. The molecule has 0 fully saturated rings. The zero-order chi connectivity index (χ0) is 15.8. The summed E-state index contributed by atoms with van der Waals surface area (Å²) < 4.78 is 0. The molecule has 0 radical (unpaired) electrons. The molecule has 0 heterocycles. The zero-order valence-electron chi connectivity index (χ0n) is 13.2. The summed E-state index contributed by atoms with van der Waals surface area (Å²) in [5.74, 6) is 0.927. The van der Waals surface area contributed by atoms with Crippen molar-refractivity contribution in [3.05, 3.63) is 65.7 Å². The molecule has 0 aliphatic carbocycles. The van der Waals surface area contributed by atoms with Gasteiger partial charge < -0.3 is 5.32 Å². The third kappa shape index (κ3) is 5.23. The lowest BCUT2D eigenvalue weighted by atomic mass is 10.0. The summed E-state index contributed by atoms with van der Waals surface area (Å²) >= 11 is 1.72. The quantitative estimate of drug-likeness (QED) is 0.748. The second-order valence-corrected chi connectivity index (χ2v) is 6.52. The molecule has 2 aromatic carbocycles. The van der Waals surface area contributed by atoms with Gasteiger partial charge in [-0.05, 0) is 31.0 Å². The molecule has 0 unspecified atom stereocenters. The van der Waals surface area contributed by atoms with Gasteiger partial charge >= 0.3 is 0 Å². The molecule has 0 aliphatic rings. The molecule has 1 atom stereocenters. The lowest BCUT2D eigenvalue weighted by Crippen LogP contribution is -2.28. The van der Waals surface area contributed by atoms with Gasteiger partial charge in [0.1, 0.15) is 0 Å². The van der Waals surface area contributed by atoms with E-state index in [0.29, 0.717) is 6.42 Å². The maximum absolute atomic E-state index is 12.1. The van der Waals surface area contributed by atoms with Crippen LogP contribution in [0.3, 0.4) is 0 Å². The van der Waals surface area contributed by atoms with Crippen LogP contribution < -0.4 is 5.32 Å². The maximum Gasteiger partial charge on any atom is 0.221 e. The highest BCUT2D eigenvalue weighted by molar-refractivity contribution is 7.99. The molecule has 3 heteroatoms. The Balaban J connectivity index is 1.81. The van der Waals surface area contributed by atoms with Crippen LogP contribution in [-0.4, -0.2) is 11.7 Å². The van der Waals surface area contributed by atoms with Crippen molar-refractivity contribution in [1.82, 2.24) is 5.32 Å². The number of amides is 1. The van der Waals surface area contributed by atoms with Crippen LogP contribution in [0, 0.1) is 6.92 Å². The van der Waals surface area contributed by atoms with Crippen molar-refractivity contribution in [2.24, 2.45) is 0 Å². The fourth-order valence-electron chi connectivity index (χ4n) is 2.26. The van der Waals surface area contributed by atoms with Crippen molar-refractivity contribution in [3.8, 4) is 0 Å². The van der Waals surface area contributed by atoms with Crippen molar-refractivity contribution in [3.63, 3.8) is 0 Å². The molecule has 0 bridgehead atoms. The number of nitrogens with one attached hydrogen (secondary N) is 1. The number of thioether (sulfide) groups is 1. The van der Waals surface area contributed by atoms with Gasteiger partial charge in [0.25, 0.3) is 0 Å². The molecule has 0 saturated heterocycles. The van der Waals surface area contributed by atoms with Crippen LogP contribution in [0.2, 0.25) is 0 Å². The van der Waals surface area contributed by atoms with Crippen LogP contribution in [0.25, 0.3) is 0 Å². The highest BCUT2D eigenvalue weighted by Crippen LogP contribution is 2.19. The van der Waals surface area contributed by atoms with E-state index >= 15 is 0 Å². The molecule has 0 spiro atoms. The van der Waals surface area contributed by atoms with Gasteiger partial charge in [-0.25, -0.2) is 0 Å². The molecular formula is C19H23NOS. The van der Waals surface area contributed by atoms with E-state index in [1.54, 1.807) is 11.8 Å². The second-order valence-electron chi connectivity index (χ2n) is 5.35. The molecule has 1 amide bonds. The fraction of sp³-hybridized carbons (Fsp3) is 0.316. The number of benzene rings is 2. The minimum atomic E-state index is 0.106. The fourth-order valence-corrected chi connectivity index (χ4v) is 3.14. The summed E-state index contributed by atoms with van der Waals surface area (Å²) in [5.41, 5.74) is 2.42. The summed E-state index contributed by atoms with van der Waals surface area (Å²) in [7, 11) is 0. The minimum absolute atomic E-state index is 0.106. The van der Waals surface area contributed by atoms with Gasteiger partial charge in [-0.15, -0.1) is 11.8 Å².